The maximum atomic E-state index is 4.03. The minimum Gasteiger partial charge on any atom is -0.354 e. The van der Waals surface area contributed by atoms with Crippen LogP contribution in [0.1, 0.15) is 44.1 Å². The molecule has 0 aliphatic heterocycles. The van der Waals surface area contributed by atoms with Crippen LogP contribution in [0.15, 0.2) is 49.1 Å². The fourth-order valence-electron chi connectivity index (χ4n) is 2.50. The highest BCUT2D eigenvalue weighted by Crippen LogP contribution is 2.06. The molecule has 1 N–H and O–H groups in total. The molecule has 114 valence electrons. The Morgan fingerprint density at radius 2 is 1.52 bits per heavy atom. The standard InChI is InChI=1S/C18H27N3/c1(2-4-6-14-21-15-7-8-16-21)3-5-11-20-17-18-9-12-19-13-10-18/h7-10,12-13,15-16,20H,1-6,11,14,17H2. The molecular weight excluding hydrogens is 258 g/mol. The molecule has 0 atom stereocenters. The van der Waals surface area contributed by atoms with E-state index in [1.54, 1.807) is 0 Å². The second-order valence-corrected chi connectivity index (χ2v) is 5.57. The average Bonchev–Trinajstić information content (AvgIpc) is 3.03. The van der Waals surface area contributed by atoms with Gasteiger partial charge in [0.25, 0.3) is 0 Å². The minimum absolute atomic E-state index is 0.958. The highest BCUT2D eigenvalue weighted by molar-refractivity contribution is 5.08. The zero-order chi connectivity index (χ0) is 14.6. The lowest BCUT2D eigenvalue weighted by Crippen LogP contribution is -2.14. The zero-order valence-corrected chi connectivity index (χ0v) is 12.9. The molecule has 0 saturated carbocycles. The molecule has 0 aliphatic rings. The Balaban J connectivity index is 1.35. The van der Waals surface area contributed by atoms with Crippen LogP contribution >= 0.6 is 0 Å². The molecule has 0 bridgehead atoms. The molecule has 0 fully saturated rings. The second kappa shape index (κ2) is 10.2. The van der Waals surface area contributed by atoms with E-state index in [2.05, 4.69) is 51.5 Å². The fraction of sp³-hybridized carbons (Fsp3) is 0.500. The van der Waals surface area contributed by atoms with Gasteiger partial charge in [-0.05, 0) is 49.2 Å². The number of aromatic nitrogens is 2. The first kappa shape index (κ1) is 15.8. The maximum absolute atomic E-state index is 4.03. The van der Waals surface area contributed by atoms with E-state index in [9.17, 15) is 0 Å². The first-order chi connectivity index (χ1) is 10.4. The van der Waals surface area contributed by atoms with E-state index < -0.39 is 0 Å². The second-order valence-electron chi connectivity index (χ2n) is 5.57. The zero-order valence-electron chi connectivity index (χ0n) is 12.9. The van der Waals surface area contributed by atoms with E-state index in [0.29, 0.717) is 0 Å². The predicted molar refractivity (Wildman–Crippen MR) is 88.1 cm³/mol. The molecule has 3 heteroatoms. The van der Waals surface area contributed by atoms with Crippen LogP contribution in [-0.4, -0.2) is 16.1 Å². The van der Waals surface area contributed by atoms with Gasteiger partial charge in [-0.25, -0.2) is 0 Å². The van der Waals surface area contributed by atoms with Gasteiger partial charge in [0.15, 0.2) is 0 Å². The van der Waals surface area contributed by atoms with Crippen molar-refractivity contribution < 1.29 is 0 Å². The largest absolute Gasteiger partial charge is 0.354 e. The summed E-state index contributed by atoms with van der Waals surface area (Å²) in [7, 11) is 0. The predicted octanol–water partition coefficient (Wildman–Crippen LogP) is 4.01. The minimum atomic E-state index is 0.958. The summed E-state index contributed by atoms with van der Waals surface area (Å²) in [5.74, 6) is 0. The van der Waals surface area contributed by atoms with Crippen molar-refractivity contribution in [3.63, 3.8) is 0 Å². The van der Waals surface area contributed by atoms with Crippen LogP contribution in [0.25, 0.3) is 0 Å². The van der Waals surface area contributed by atoms with Gasteiger partial charge in [-0.3, -0.25) is 4.98 Å². The number of aryl methyl sites for hydroxylation is 1. The van der Waals surface area contributed by atoms with Crippen molar-refractivity contribution in [3.05, 3.63) is 54.6 Å². The topological polar surface area (TPSA) is 29.9 Å². The molecule has 0 spiro atoms. The molecule has 0 unspecified atom stereocenters. The summed E-state index contributed by atoms with van der Waals surface area (Å²) in [5.41, 5.74) is 1.31. The van der Waals surface area contributed by atoms with E-state index in [1.165, 1.54) is 50.6 Å². The van der Waals surface area contributed by atoms with Gasteiger partial charge in [0, 0.05) is 37.9 Å². The van der Waals surface area contributed by atoms with E-state index in [-0.39, 0.29) is 0 Å². The van der Waals surface area contributed by atoms with Gasteiger partial charge in [0.05, 0.1) is 0 Å². The van der Waals surface area contributed by atoms with Gasteiger partial charge >= 0.3 is 0 Å². The number of rotatable bonds is 11. The molecular formula is C18H27N3. The Morgan fingerprint density at radius 1 is 0.857 bits per heavy atom. The molecule has 0 aromatic carbocycles. The monoisotopic (exact) mass is 285 g/mol. The van der Waals surface area contributed by atoms with Gasteiger partial charge in [-0.15, -0.1) is 0 Å². The van der Waals surface area contributed by atoms with E-state index in [0.717, 1.165) is 13.1 Å². The number of unbranched alkanes of at least 4 members (excludes halogenated alkanes) is 5. The first-order valence-corrected chi connectivity index (χ1v) is 8.15. The van der Waals surface area contributed by atoms with Crippen molar-refractivity contribution in [3.8, 4) is 0 Å². The number of hydrogen-bond donors (Lipinski definition) is 1. The third-order valence-corrected chi connectivity index (χ3v) is 3.76. The Bertz CT molecular complexity index is 451. The van der Waals surface area contributed by atoms with Gasteiger partial charge in [-0.2, -0.15) is 0 Å². The number of hydrogen-bond acceptors (Lipinski definition) is 2. The third-order valence-electron chi connectivity index (χ3n) is 3.76. The van der Waals surface area contributed by atoms with Gasteiger partial charge in [0.2, 0.25) is 0 Å². The lowest BCUT2D eigenvalue weighted by molar-refractivity contribution is 0.540. The van der Waals surface area contributed by atoms with Gasteiger partial charge in [-0.1, -0.05) is 25.7 Å². The summed E-state index contributed by atoms with van der Waals surface area (Å²) in [5, 5.41) is 3.49. The number of nitrogens with one attached hydrogen (secondary N) is 1. The van der Waals surface area contributed by atoms with Crippen molar-refractivity contribution in [1.82, 2.24) is 14.9 Å². The van der Waals surface area contributed by atoms with Crippen molar-refractivity contribution in [1.29, 1.82) is 0 Å². The molecule has 2 heterocycles. The van der Waals surface area contributed by atoms with Crippen LogP contribution in [0.5, 0.6) is 0 Å². The Morgan fingerprint density at radius 3 is 2.29 bits per heavy atom. The summed E-state index contributed by atoms with van der Waals surface area (Å²) in [6, 6.07) is 8.33. The molecule has 0 radical (unpaired) electrons. The molecule has 0 aliphatic carbocycles. The molecule has 21 heavy (non-hydrogen) atoms. The Kier molecular flexibility index (Phi) is 7.63. The number of pyridine rings is 1. The Labute approximate surface area is 128 Å². The first-order valence-electron chi connectivity index (χ1n) is 8.15. The van der Waals surface area contributed by atoms with Crippen LogP contribution in [0, 0.1) is 0 Å². The Hall–Kier alpha value is -1.61. The van der Waals surface area contributed by atoms with Crippen LogP contribution in [0.2, 0.25) is 0 Å². The van der Waals surface area contributed by atoms with Crippen molar-refractivity contribution in [2.75, 3.05) is 6.54 Å². The maximum Gasteiger partial charge on any atom is 0.0271 e. The number of nitrogens with zero attached hydrogens (tertiary/aromatic N) is 2. The lowest BCUT2D eigenvalue weighted by Gasteiger charge is -2.05. The molecule has 2 aromatic rings. The molecule has 0 amide bonds. The highest BCUT2D eigenvalue weighted by atomic mass is 14.9. The van der Waals surface area contributed by atoms with E-state index in [1.807, 2.05) is 12.4 Å². The summed E-state index contributed by atoms with van der Waals surface area (Å²) in [6.45, 7) is 3.24. The highest BCUT2D eigenvalue weighted by Gasteiger charge is 1.94. The van der Waals surface area contributed by atoms with Crippen molar-refractivity contribution in [2.45, 2.75) is 51.6 Å². The van der Waals surface area contributed by atoms with Crippen LogP contribution in [-0.2, 0) is 13.1 Å². The molecule has 0 saturated heterocycles. The smallest absolute Gasteiger partial charge is 0.0271 e. The average molecular weight is 285 g/mol. The van der Waals surface area contributed by atoms with E-state index in [4.69, 9.17) is 0 Å². The molecule has 3 nitrogen and oxygen atoms in total. The summed E-state index contributed by atoms with van der Waals surface area (Å²) in [6.07, 6.45) is 16.0. The SMILES string of the molecule is c1ccn(CCCCCCCCNCc2ccncc2)c1. The molecule has 2 rings (SSSR count). The van der Waals surface area contributed by atoms with Crippen LogP contribution in [0.3, 0.4) is 0 Å². The molecule has 2 aromatic heterocycles. The van der Waals surface area contributed by atoms with Crippen LogP contribution in [0.4, 0.5) is 0 Å². The van der Waals surface area contributed by atoms with Crippen LogP contribution < -0.4 is 5.32 Å². The normalized spacial score (nSPS) is 10.9. The van der Waals surface area contributed by atoms with Gasteiger partial charge < -0.3 is 9.88 Å². The van der Waals surface area contributed by atoms with E-state index >= 15 is 0 Å². The van der Waals surface area contributed by atoms with Crippen molar-refractivity contribution in [2.24, 2.45) is 0 Å². The van der Waals surface area contributed by atoms with Gasteiger partial charge in [0.1, 0.15) is 0 Å². The summed E-state index contributed by atoms with van der Waals surface area (Å²) in [4.78, 5) is 4.03. The third kappa shape index (κ3) is 7.09. The summed E-state index contributed by atoms with van der Waals surface area (Å²) < 4.78 is 2.27. The fourth-order valence-corrected chi connectivity index (χ4v) is 2.50. The lowest BCUT2D eigenvalue weighted by atomic mass is 10.1. The quantitative estimate of drug-likeness (QED) is 0.632. The van der Waals surface area contributed by atoms with Crippen molar-refractivity contribution >= 4 is 0 Å². The summed E-state index contributed by atoms with van der Waals surface area (Å²) >= 11 is 0.